The van der Waals surface area contributed by atoms with Crippen molar-refractivity contribution in [1.82, 2.24) is 9.97 Å². The largest absolute Gasteiger partial charge is 0.494 e. The predicted molar refractivity (Wildman–Crippen MR) is 62.1 cm³/mol. The summed E-state index contributed by atoms with van der Waals surface area (Å²) in [4.78, 5) is 8.15. The van der Waals surface area contributed by atoms with Gasteiger partial charge in [0.1, 0.15) is 0 Å². The van der Waals surface area contributed by atoms with Crippen LogP contribution in [0, 0.1) is 0 Å². The van der Waals surface area contributed by atoms with Crippen LogP contribution in [-0.2, 0) is 4.74 Å². The number of methoxy groups -OCH3 is 1. The Kier molecular flexibility index (Phi) is 3.75. The lowest BCUT2D eigenvalue weighted by Crippen LogP contribution is -2.42. The van der Waals surface area contributed by atoms with E-state index in [1.165, 1.54) is 0 Å². The molecule has 1 saturated heterocycles. The normalized spacial score (nSPS) is 18.7. The molecule has 1 aliphatic heterocycles. The Hall–Kier alpha value is -1.40. The molecule has 1 fully saturated rings. The fourth-order valence-electron chi connectivity index (χ4n) is 1.68. The van der Waals surface area contributed by atoms with Crippen LogP contribution in [0.3, 0.4) is 0 Å². The molecule has 0 aromatic carbocycles. The summed E-state index contributed by atoms with van der Waals surface area (Å²) in [5.74, 6) is 1.10. The van der Waals surface area contributed by atoms with E-state index in [4.69, 9.17) is 9.47 Å². The number of aromatic nitrogens is 2. The summed E-state index contributed by atoms with van der Waals surface area (Å²) in [6.45, 7) is 1.63. The van der Waals surface area contributed by atoms with Crippen molar-refractivity contribution >= 4 is 5.95 Å². The summed E-state index contributed by atoms with van der Waals surface area (Å²) < 4.78 is 10.2. The minimum absolute atomic E-state index is 0.433. The smallest absolute Gasteiger partial charge is 0.222 e. The molecule has 0 radical (unpaired) electrons. The zero-order chi connectivity index (χ0) is 12.1. The minimum Gasteiger partial charge on any atom is -0.494 e. The fourth-order valence-corrected chi connectivity index (χ4v) is 1.68. The highest BCUT2D eigenvalue weighted by Crippen LogP contribution is 2.20. The monoisotopic (exact) mass is 239 g/mol. The first-order valence-electron chi connectivity index (χ1n) is 5.62. The van der Waals surface area contributed by atoms with Crippen LogP contribution in [0.2, 0.25) is 0 Å². The highest BCUT2D eigenvalue weighted by atomic mass is 16.5. The SMILES string of the molecule is COc1cnc(NCC2(O)CCOCC2)nc1. The Morgan fingerprint density at radius 1 is 1.41 bits per heavy atom. The number of aliphatic hydroxyl groups is 1. The summed E-state index contributed by atoms with van der Waals surface area (Å²) in [6.07, 6.45) is 4.44. The lowest BCUT2D eigenvalue weighted by atomic mass is 9.94. The number of hydrogen-bond donors (Lipinski definition) is 2. The number of nitrogens with one attached hydrogen (secondary N) is 1. The van der Waals surface area contributed by atoms with Gasteiger partial charge in [-0.25, -0.2) is 9.97 Å². The first-order chi connectivity index (χ1) is 8.22. The Morgan fingerprint density at radius 3 is 2.65 bits per heavy atom. The first-order valence-corrected chi connectivity index (χ1v) is 5.62. The predicted octanol–water partition coefficient (Wildman–Crippen LogP) is 0.439. The van der Waals surface area contributed by atoms with Crippen LogP contribution in [0.25, 0.3) is 0 Å². The van der Waals surface area contributed by atoms with E-state index in [1.807, 2.05) is 0 Å². The quantitative estimate of drug-likeness (QED) is 0.794. The van der Waals surface area contributed by atoms with E-state index in [9.17, 15) is 5.11 Å². The van der Waals surface area contributed by atoms with Gasteiger partial charge in [-0.05, 0) is 0 Å². The molecule has 0 atom stereocenters. The summed E-state index contributed by atoms with van der Waals surface area (Å²) in [7, 11) is 1.57. The molecule has 1 aromatic rings. The van der Waals surface area contributed by atoms with Crippen LogP contribution in [0.4, 0.5) is 5.95 Å². The van der Waals surface area contributed by atoms with E-state index in [0.717, 1.165) is 0 Å². The molecule has 0 unspecified atom stereocenters. The summed E-state index contributed by atoms with van der Waals surface area (Å²) in [5.41, 5.74) is -0.721. The molecule has 0 saturated carbocycles. The van der Waals surface area contributed by atoms with Crippen molar-refractivity contribution in [1.29, 1.82) is 0 Å². The molecule has 2 rings (SSSR count). The van der Waals surface area contributed by atoms with Crippen LogP contribution in [0.5, 0.6) is 5.75 Å². The van der Waals surface area contributed by atoms with Gasteiger partial charge in [0, 0.05) is 32.6 Å². The third-order valence-electron chi connectivity index (χ3n) is 2.86. The third kappa shape index (κ3) is 3.28. The second kappa shape index (κ2) is 5.29. The zero-order valence-electron chi connectivity index (χ0n) is 9.85. The molecule has 6 heteroatoms. The summed E-state index contributed by atoms with van der Waals surface area (Å²) >= 11 is 0. The highest BCUT2D eigenvalue weighted by molar-refractivity contribution is 5.27. The van der Waals surface area contributed by atoms with Gasteiger partial charge >= 0.3 is 0 Å². The van der Waals surface area contributed by atoms with E-state index in [-0.39, 0.29) is 0 Å². The number of rotatable bonds is 4. The molecule has 1 aromatic heterocycles. The average molecular weight is 239 g/mol. The molecule has 2 heterocycles. The standard InChI is InChI=1S/C11H17N3O3/c1-16-9-6-12-10(13-7-9)14-8-11(15)2-4-17-5-3-11/h6-7,15H,2-5,8H2,1H3,(H,12,13,14). The van der Waals surface area contributed by atoms with Crippen LogP contribution in [0.1, 0.15) is 12.8 Å². The van der Waals surface area contributed by atoms with E-state index in [2.05, 4.69) is 15.3 Å². The Bertz CT molecular complexity index is 349. The van der Waals surface area contributed by atoms with Crippen molar-refractivity contribution < 1.29 is 14.6 Å². The topological polar surface area (TPSA) is 76.5 Å². The van der Waals surface area contributed by atoms with Gasteiger partial charge < -0.3 is 19.9 Å². The molecular formula is C11H17N3O3. The molecule has 1 aliphatic rings. The molecule has 17 heavy (non-hydrogen) atoms. The molecular weight excluding hydrogens is 222 g/mol. The summed E-state index contributed by atoms with van der Waals surface area (Å²) in [5, 5.41) is 13.2. The second-order valence-corrected chi connectivity index (χ2v) is 4.14. The van der Waals surface area contributed by atoms with Gasteiger partial charge in [0.25, 0.3) is 0 Å². The molecule has 2 N–H and O–H groups in total. The molecule has 0 bridgehead atoms. The van der Waals surface area contributed by atoms with Crippen molar-refractivity contribution in [3.8, 4) is 5.75 Å². The number of hydrogen-bond acceptors (Lipinski definition) is 6. The maximum absolute atomic E-state index is 10.2. The number of anilines is 1. The van der Waals surface area contributed by atoms with E-state index >= 15 is 0 Å². The van der Waals surface area contributed by atoms with Gasteiger partial charge in [-0.3, -0.25) is 0 Å². The highest BCUT2D eigenvalue weighted by Gasteiger charge is 2.29. The van der Waals surface area contributed by atoms with Crippen molar-refractivity contribution in [3.05, 3.63) is 12.4 Å². The van der Waals surface area contributed by atoms with Gasteiger partial charge in [0.05, 0.1) is 25.1 Å². The second-order valence-electron chi connectivity index (χ2n) is 4.14. The van der Waals surface area contributed by atoms with Gasteiger partial charge in [-0.1, -0.05) is 0 Å². The van der Waals surface area contributed by atoms with E-state index < -0.39 is 5.60 Å². The Morgan fingerprint density at radius 2 is 2.06 bits per heavy atom. The van der Waals surface area contributed by atoms with E-state index in [0.29, 0.717) is 44.3 Å². The lowest BCUT2D eigenvalue weighted by molar-refractivity contribution is -0.0544. The average Bonchev–Trinajstić information content (AvgIpc) is 2.38. The molecule has 94 valence electrons. The van der Waals surface area contributed by atoms with Gasteiger partial charge in [0.15, 0.2) is 5.75 Å². The van der Waals surface area contributed by atoms with Crippen molar-refractivity contribution in [2.75, 3.05) is 32.2 Å². The van der Waals surface area contributed by atoms with Gasteiger partial charge in [0.2, 0.25) is 5.95 Å². The molecule has 0 amide bonds. The maximum atomic E-state index is 10.2. The van der Waals surface area contributed by atoms with E-state index in [1.54, 1.807) is 19.5 Å². The zero-order valence-corrected chi connectivity index (χ0v) is 9.85. The van der Waals surface area contributed by atoms with Crippen LogP contribution < -0.4 is 10.1 Å². The third-order valence-corrected chi connectivity index (χ3v) is 2.86. The van der Waals surface area contributed by atoms with Crippen LogP contribution in [-0.4, -0.2) is 47.5 Å². The van der Waals surface area contributed by atoms with Crippen molar-refractivity contribution in [2.24, 2.45) is 0 Å². The van der Waals surface area contributed by atoms with Crippen molar-refractivity contribution in [3.63, 3.8) is 0 Å². The number of ether oxygens (including phenoxy) is 2. The lowest BCUT2D eigenvalue weighted by Gasteiger charge is -2.31. The molecule has 0 spiro atoms. The first kappa shape index (κ1) is 12.1. The Balaban J connectivity index is 1.87. The minimum atomic E-state index is -0.721. The number of nitrogens with zero attached hydrogens (tertiary/aromatic N) is 2. The summed E-state index contributed by atoms with van der Waals surface area (Å²) in [6, 6.07) is 0. The maximum Gasteiger partial charge on any atom is 0.222 e. The van der Waals surface area contributed by atoms with Crippen molar-refractivity contribution in [2.45, 2.75) is 18.4 Å². The van der Waals surface area contributed by atoms with Gasteiger partial charge in [-0.15, -0.1) is 0 Å². The Labute approximate surface area is 100.0 Å². The van der Waals surface area contributed by atoms with Crippen LogP contribution in [0.15, 0.2) is 12.4 Å². The van der Waals surface area contributed by atoms with Gasteiger partial charge in [-0.2, -0.15) is 0 Å². The fraction of sp³-hybridized carbons (Fsp3) is 0.636. The molecule has 6 nitrogen and oxygen atoms in total. The molecule has 0 aliphatic carbocycles. The van der Waals surface area contributed by atoms with Crippen LogP contribution >= 0.6 is 0 Å².